The molecule has 1 atom stereocenters. The number of hydrogen-bond acceptors (Lipinski definition) is 5. The molecule has 1 aliphatic heterocycles. The summed E-state index contributed by atoms with van der Waals surface area (Å²) in [6.07, 6.45) is 2.29. The van der Waals surface area contributed by atoms with Crippen molar-refractivity contribution in [3.63, 3.8) is 0 Å². The average Bonchev–Trinajstić information content (AvgIpc) is 3.36. The van der Waals surface area contributed by atoms with Crippen LogP contribution in [0.5, 0.6) is 0 Å². The van der Waals surface area contributed by atoms with Gasteiger partial charge in [0.25, 0.3) is 5.56 Å². The summed E-state index contributed by atoms with van der Waals surface area (Å²) in [6, 6.07) is 7.63. The number of sulfone groups is 1. The van der Waals surface area contributed by atoms with Crippen molar-refractivity contribution in [3.05, 3.63) is 56.9 Å². The highest BCUT2D eigenvalue weighted by Gasteiger charge is 2.33. The molecule has 0 aliphatic carbocycles. The second kappa shape index (κ2) is 6.18. The van der Waals surface area contributed by atoms with Gasteiger partial charge in [-0.1, -0.05) is 29.8 Å². The lowest BCUT2D eigenvalue weighted by Gasteiger charge is -2.15. The third-order valence-electron chi connectivity index (χ3n) is 5.92. The Labute approximate surface area is 171 Å². The Morgan fingerprint density at radius 1 is 1.07 bits per heavy atom. The van der Waals surface area contributed by atoms with Gasteiger partial charge in [0.15, 0.2) is 21.0 Å². The van der Waals surface area contributed by atoms with Crippen LogP contribution in [0.1, 0.15) is 18.0 Å². The van der Waals surface area contributed by atoms with E-state index in [0.717, 1.165) is 21.4 Å². The van der Waals surface area contributed by atoms with Gasteiger partial charge >= 0.3 is 5.69 Å². The molecule has 4 aromatic rings. The van der Waals surface area contributed by atoms with Crippen molar-refractivity contribution in [2.75, 3.05) is 11.5 Å². The van der Waals surface area contributed by atoms with Gasteiger partial charge in [0.2, 0.25) is 5.78 Å². The van der Waals surface area contributed by atoms with Gasteiger partial charge in [-0.25, -0.2) is 13.2 Å². The molecule has 30 heavy (non-hydrogen) atoms. The van der Waals surface area contributed by atoms with Gasteiger partial charge in [0, 0.05) is 20.3 Å². The minimum absolute atomic E-state index is 0.0242. The highest BCUT2D eigenvalue weighted by molar-refractivity contribution is 7.91. The van der Waals surface area contributed by atoms with Crippen LogP contribution in [0.2, 0.25) is 0 Å². The molecule has 0 spiro atoms. The summed E-state index contributed by atoms with van der Waals surface area (Å²) >= 11 is 0. The quantitative estimate of drug-likeness (QED) is 0.476. The van der Waals surface area contributed by atoms with Crippen LogP contribution < -0.4 is 11.2 Å². The minimum Gasteiger partial charge on any atom is -0.305 e. The fourth-order valence-corrected chi connectivity index (χ4v) is 5.96. The molecule has 3 aromatic heterocycles. The Hall–Kier alpha value is -3.14. The molecule has 0 saturated carbocycles. The van der Waals surface area contributed by atoms with Crippen LogP contribution in [0.3, 0.4) is 0 Å². The molecular weight excluding hydrogens is 406 g/mol. The SMILES string of the molecule is Cc1ccc(-c2cn3c4c(=O)n(C)c(=O)n(C)c4nc3n2[C@@H]2CCS(=O)(=O)C2)cc1. The van der Waals surface area contributed by atoms with Crippen LogP contribution in [0.15, 0.2) is 40.1 Å². The summed E-state index contributed by atoms with van der Waals surface area (Å²) in [5.74, 6) is 0.604. The van der Waals surface area contributed by atoms with E-state index in [1.165, 1.54) is 11.6 Å². The van der Waals surface area contributed by atoms with Crippen LogP contribution >= 0.6 is 0 Å². The van der Waals surface area contributed by atoms with E-state index in [0.29, 0.717) is 17.7 Å². The average molecular weight is 427 g/mol. The van der Waals surface area contributed by atoms with Gasteiger partial charge < -0.3 is 4.57 Å². The molecule has 9 nitrogen and oxygen atoms in total. The first-order valence-corrected chi connectivity index (χ1v) is 11.5. The van der Waals surface area contributed by atoms with Crippen molar-refractivity contribution in [2.24, 2.45) is 14.1 Å². The van der Waals surface area contributed by atoms with Crippen molar-refractivity contribution >= 4 is 26.8 Å². The summed E-state index contributed by atoms with van der Waals surface area (Å²) in [7, 11) is -0.128. The fraction of sp³-hybridized carbons (Fsp3) is 0.350. The van der Waals surface area contributed by atoms with E-state index in [1.54, 1.807) is 11.4 Å². The second-order valence-electron chi connectivity index (χ2n) is 7.97. The molecule has 156 valence electrons. The molecule has 0 radical (unpaired) electrons. The summed E-state index contributed by atoms with van der Waals surface area (Å²) in [4.78, 5) is 29.8. The summed E-state index contributed by atoms with van der Waals surface area (Å²) < 4.78 is 30.4. The normalized spacial score (nSPS) is 18.6. The number of rotatable bonds is 2. The molecule has 0 N–H and O–H groups in total. The van der Waals surface area contributed by atoms with Gasteiger partial charge in [-0.3, -0.25) is 18.3 Å². The summed E-state index contributed by atoms with van der Waals surface area (Å²) in [5, 5.41) is 0. The predicted molar refractivity (Wildman–Crippen MR) is 114 cm³/mol. The maximum Gasteiger partial charge on any atom is 0.332 e. The van der Waals surface area contributed by atoms with Gasteiger partial charge in [-0.2, -0.15) is 4.98 Å². The van der Waals surface area contributed by atoms with Crippen LogP contribution in [0, 0.1) is 6.92 Å². The topological polar surface area (TPSA) is 100 Å². The van der Waals surface area contributed by atoms with Crippen molar-refractivity contribution < 1.29 is 8.42 Å². The Bertz CT molecular complexity index is 1550. The van der Waals surface area contributed by atoms with E-state index >= 15 is 0 Å². The number of imidazole rings is 2. The van der Waals surface area contributed by atoms with Crippen molar-refractivity contribution in [1.29, 1.82) is 0 Å². The Morgan fingerprint density at radius 2 is 1.77 bits per heavy atom. The zero-order chi connectivity index (χ0) is 21.4. The lowest BCUT2D eigenvalue weighted by molar-refractivity contribution is 0.571. The smallest absolute Gasteiger partial charge is 0.305 e. The maximum absolute atomic E-state index is 12.9. The maximum atomic E-state index is 12.9. The third-order valence-corrected chi connectivity index (χ3v) is 7.67. The summed E-state index contributed by atoms with van der Waals surface area (Å²) in [6.45, 7) is 2.00. The van der Waals surface area contributed by atoms with Crippen LogP contribution in [0.25, 0.3) is 28.2 Å². The molecule has 4 heterocycles. The van der Waals surface area contributed by atoms with Gasteiger partial charge in [0.05, 0.1) is 23.2 Å². The first kappa shape index (κ1) is 18.9. The number of nitrogens with zero attached hydrogens (tertiary/aromatic N) is 5. The van der Waals surface area contributed by atoms with E-state index in [-0.39, 0.29) is 23.2 Å². The number of benzene rings is 1. The van der Waals surface area contributed by atoms with Gasteiger partial charge in [-0.15, -0.1) is 0 Å². The standard InChI is InChI=1S/C20H21N5O4S/c1-12-4-6-13(7-5-12)15-10-24-16-17(22(2)20(27)23(3)18(16)26)21-19(24)25(15)14-8-9-30(28,29)11-14/h4-7,10,14H,8-9,11H2,1-3H3/t14-/m1/s1. The van der Waals surface area contributed by atoms with Crippen molar-refractivity contribution in [2.45, 2.75) is 19.4 Å². The molecule has 0 bridgehead atoms. The van der Waals surface area contributed by atoms with E-state index in [2.05, 4.69) is 4.98 Å². The van der Waals surface area contributed by atoms with E-state index in [4.69, 9.17) is 0 Å². The zero-order valence-corrected chi connectivity index (χ0v) is 17.7. The Kier molecular flexibility index (Phi) is 3.88. The van der Waals surface area contributed by atoms with Crippen molar-refractivity contribution in [3.8, 4) is 11.3 Å². The number of fused-ring (bicyclic) bond motifs is 3. The molecule has 1 aromatic carbocycles. The largest absolute Gasteiger partial charge is 0.332 e. The van der Waals surface area contributed by atoms with Gasteiger partial charge in [0.1, 0.15) is 0 Å². The Balaban J connectivity index is 1.90. The van der Waals surface area contributed by atoms with Crippen LogP contribution in [-0.2, 0) is 23.9 Å². The lowest BCUT2D eigenvalue weighted by Crippen LogP contribution is -2.37. The minimum atomic E-state index is -3.13. The van der Waals surface area contributed by atoms with Gasteiger partial charge in [-0.05, 0) is 18.9 Å². The third kappa shape index (κ3) is 2.59. The monoisotopic (exact) mass is 427 g/mol. The fourth-order valence-electron chi connectivity index (χ4n) is 4.26. The van der Waals surface area contributed by atoms with Crippen LogP contribution in [0.4, 0.5) is 0 Å². The first-order chi connectivity index (χ1) is 14.2. The van der Waals surface area contributed by atoms with E-state index in [1.807, 2.05) is 42.0 Å². The molecular formula is C20H21N5O4S. The highest BCUT2D eigenvalue weighted by Crippen LogP contribution is 2.33. The number of hydrogen-bond donors (Lipinski definition) is 0. The molecule has 10 heteroatoms. The van der Waals surface area contributed by atoms with Crippen LogP contribution in [-0.4, -0.2) is 43.0 Å². The molecule has 0 unspecified atom stereocenters. The molecule has 1 fully saturated rings. The molecule has 1 saturated heterocycles. The molecule has 1 aliphatic rings. The van der Waals surface area contributed by atoms with E-state index < -0.39 is 21.1 Å². The Morgan fingerprint density at radius 3 is 2.40 bits per heavy atom. The molecule has 0 amide bonds. The predicted octanol–water partition coefficient (Wildman–Crippen LogP) is 1.02. The number of aryl methyl sites for hydroxylation is 2. The first-order valence-electron chi connectivity index (χ1n) is 9.64. The highest BCUT2D eigenvalue weighted by atomic mass is 32.2. The zero-order valence-electron chi connectivity index (χ0n) is 16.9. The van der Waals surface area contributed by atoms with Crippen molar-refractivity contribution in [1.82, 2.24) is 23.1 Å². The second-order valence-corrected chi connectivity index (χ2v) is 10.2. The van der Waals surface area contributed by atoms with E-state index in [9.17, 15) is 18.0 Å². The lowest BCUT2D eigenvalue weighted by atomic mass is 10.1. The number of aromatic nitrogens is 5. The summed E-state index contributed by atoms with van der Waals surface area (Å²) in [5.41, 5.74) is 2.49. The molecule has 5 rings (SSSR count).